The Morgan fingerprint density at radius 2 is 2.06 bits per heavy atom. The van der Waals surface area contributed by atoms with E-state index >= 15 is 0 Å². The van der Waals surface area contributed by atoms with Crippen LogP contribution in [0.4, 0.5) is 0 Å². The Morgan fingerprint density at radius 3 is 2.78 bits per heavy atom. The summed E-state index contributed by atoms with van der Waals surface area (Å²) < 4.78 is 0. The van der Waals surface area contributed by atoms with Crippen molar-refractivity contribution in [1.82, 2.24) is 10.3 Å². The molecule has 94 valence electrons. The number of aliphatic hydroxyl groups is 1. The number of aromatic nitrogens is 1. The summed E-state index contributed by atoms with van der Waals surface area (Å²) in [5.41, 5.74) is -0.544. The summed E-state index contributed by atoms with van der Waals surface area (Å²) >= 11 is 0. The lowest BCUT2D eigenvalue weighted by Crippen LogP contribution is -2.38. The van der Waals surface area contributed by atoms with E-state index in [2.05, 4.69) is 10.3 Å². The van der Waals surface area contributed by atoms with Gasteiger partial charge in [0.25, 0.3) is 5.91 Å². The second-order valence-electron chi connectivity index (χ2n) is 4.88. The number of rotatable bonds is 3. The van der Waals surface area contributed by atoms with Crippen LogP contribution >= 0.6 is 0 Å². The highest BCUT2D eigenvalue weighted by atomic mass is 16.3. The molecule has 2 N–H and O–H groups in total. The summed E-state index contributed by atoms with van der Waals surface area (Å²) in [6, 6.07) is 9.45. The van der Waals surface area contributed by atoms with E-state index < -0.39 is 5.60 Å². The maximum atomic E-state index is 12.0. The Morgan fingerprint density at radius 1 is 1.33 bits per heavy atom. The van der Waals surface area contributed by atoms with Gasteiger partial charge in [-0.05, 0) is 25.3 Å². The number of amides is 1. The molecule has 1 aromatic carbocycles. The molecule has 4 nitrogen and oxygen atoms in total. The molecule has 1 aromatic heterocycles. The minimum absolute atomic E-state index is 0.191. The summed E-state index contributed by atoms with van der Waals surface area (Å²) in [7, 11) is 0. The van der Waals surface area contributed by atoms with Crippen LogP contribution in [0, 0.1) is 0 Å². The quantitative estimate of drug-likeness (QED) is 0.864. The fourth-order valence-electron chi connectivity index (χ4n) is 1.68. The fraction of sp³-hybridized carbons (Fsp3) is 0.286. The van der Waals surface area contributed by atoms with Gasteiger partial charge in [-0.25, -0.2) is 0 Å². The third kappa shape index (κ3) is 2.84. The first-order valence-corrected chi connectivity index (χ1v) is 5.82. The molecule has 0 fully saturated rings. The molecule has 0 unspecified atom stereocenters. The van der Waals surface area contributed by atoms with Gasteiger partial charge in [0.2, 0.25) is 0 Å². The van der Waals surface area contributed by atoms with Gasteiger partial charge in [0.05, 0.1) is 5.60 Å². The lowest BCUT2D eigenvalue weighted by molar-refractivity contribution is 0.0693. The van der Waals surface area contributed by atoms with Crippen molar-refractivity contribution in [3.8, 4) is 0 Å². The average Bonchev–Trinajstić information content (AvgIpc) is 2.34. The molecule has 0 atom stereocenters. The summed E-state index contributed by atoms with van der Waals surface area (Å²) in [5, 5.41) is 14.1. The van der Waals surface area contributed by atoms with Crippen LogP contribution in [-0.2, 0) is 0 Å². The van der Waals surface area contributed by atoms with Crippen molar-refractivity contribution in [1.29, 1.82) is 0 Å². The molecule has 0 aliphatic heterocycles. The van der Waals surface area contributed by atoms with Crippen molar-refractivity contribution in [3.05, 3.63) is 42.2 Å². The molecule has 0 saturated carbocycles. The second-order valence-corrected chi connectivity index (χ2v) is 4.88. The van der Waals surface area contributed by atoms with Gasteiger partial charge >= 0.3 is 0 Å². The number of pyridine rings is 1. The van der Waals surface area contributed by atoms with Gasteiger partial charge in [-0.15, -0.1) is 0 Å². The van der Waals surface area contributed by atoms with Crippen LogP contribution in [0.1, 0.15) is 24.3 Å². The first-order valence-electron chi connectivity index (χ1n) is 5.82. The van der Waals surface area contributed by atoms with Crippen molar-refractivity contribution in [2.24, 2.45) is 0 Å². The summed E-state index contributed by atoms with van der Waals surface area (Å²) in [4.78, 5) is 16.1. The summed E-state index contributed by atoms with van der Waals surface area (Å²) in [6.07, 6.45) is 1.61. The Bertz CT molecular complexity index is 568. The molecule has 0 spiro atoms. The van der Waals surface area contributed by atoms with Crippen LogP contribution in [0.25, 0.3) is 10.8 Å². The number of carbonyl (C=O) groups is 1. The van der Waals surface area contributed by atoms with E-state index in [0.717, 1.165) is 10.8 Å². The van der Waals surface area contributed by atoms with Crippen molar-refractivity contribution >= 4 is 16.7 Å². The molecule has 0 aliphatic rings. The molecule has 2 rings (SSSR count). The zero-order chi connectivity index (χ0) is 13.2. The normalized spacial score (nSPS) is 11.5. The third-order valence-electron chi connectivity index (χ3n) is 2.57. The van der Waals surface area contributed by atoms with Crippen LogP contribution in [0.3, 0.4) is 0 Å². The molecule has 0 radical (unpaired) electrons. The van der Waals surface area contributed by atoms with Gasteiger partial charge in [0.1, 0.15) is 5.69 Å². The fourth-order valence-corrected chi connectivity index (χ4v) is 1.68. The molecule has 18 heavy (non-hydrogen) atoms. The van der Waals surface area contributed by atoms with E-state index in [4.69, 9.17) is 0 Å². The number of carbonyl (C=O) groups excluding carboxylic acids is 1. The monoisotopic (exact) mass is 244 g/mol. The Labute approximate surface area is 106 Å². The standard InChI is InChI=1S/C14H16N2O2/c1-14(2,18)9-16-13(17)12-11-6-4-3-5-10(11)7-8-15-12/h3-8,18H,9H2,1-2H3,(H,16,17). The smallest absolute Gasteiger partial charge is 0.270 e. The lowest BCUT2D eigenvalue weighted by atomic mass is 10.1. The Balaban J connectivity index is 2.28. The zero-order valence-corrected chi connectivity index (χ0v) is 10.5. The summed E-state index contributed by atoms with van der Waals surface area (Å²) in [5.74, 6) is -0.270. The van der Waals surface area contributed by atoms with E-state index in [-0.39, 0.29) is 12.5 Å². The molecule has 4 heteroatoms. The largest absolute Gasteiger partial charge is 0.389 e. The number of hydrogen-bond acceptors (Lipinski definition) is 3. The second kappa shape index (κ2) is 4.74. The predicted octanol–water partition coefficient (Wildman–Crippen LogP) is 1.74. The number of hydrogen-bond donors (Lipinski definition) is 2. The van der Waals surface area contributed by atoms with Gasteiger partial charge in [0.15, 0.2) is 0 Å². The number of nitrogens with zero attached hydrogens (tertiary/aromatic N) is 1. The third-order valence-corrected chi connectivity index (χ3v) is 2.57. The molecule has 0 saturated heterocycles. The molecular weight excluding hydrogens is 228 g/mol. The maximum Gasteiger partial charge on any atom is 0.270 e. The topological polar surface area (TPSA) is 62.2 Å². The van der Waals surface area contributed by atoms with Gasteiger partial charge < -0.3 is 10.4 Å². The van der Waals surface area contributed by atoms with E-state index in [0.29, 0.717) is 5.69 Å². The van der Waals surface area contributed by atoms with Crippen LogP contribution < -0.4 is 5.32 Å². The van der Waals surface area contributed by atoms with E-state index in [9.17, 15) is 9.90 Å². The minimum Gasteiger partial charge on any atom is -0.389 e. The number of benzene rings is 1. The lowest BCUT2D eigenvalue weighted by Gasteiger charge is -2.17. The van der Waals surface area contributed by atoms with Crippen LogP contribution in [0.15, 0.2) is 36.5 Å². The summed E-state index contributed by atoms with van der Waals surface area (Å²) in [6.45, 7) is 3.48. The van der Waals surface area contributed by atoms with Crippen molar-refractivity contribution in [3.63, 3.8) is 0 Å². The zero-order valence-electron chi connectivity index (χ0n) is 10.5. The van der Waals surface area contributed by atoms with Crippen molar-refractivity contribution in [2.75, 3.05) is 6.54 Å². The van der Waals surface area contributed by atoms with Gasteiger partial charge in [0, 0.05) is 18.1 Å². The average molecular weight is 244 g/mol. The molecule has 0 bridgehead atoms. The predicted molar refractivity (Wildman–Crippen MR) is 70.4 cm³/mol. The Hall–Kier alpha value is -1.94. The van der Waals surface area contributed by atoms with Crippen LogP contribution in [-0.4, -0.2) is 28.1 Å². The van der Waals surface area contributed by atoms with Crippen LogP contribution in [0.5, 0.6) is 0 Å². The highest BCUT2D eigenvalue weighted by Crippen LogP contribution is 2.16. The Kier molecular flexibility index (Phi) is 3.30. The number of fused-ring (bicyclic) bond motifs is 1. The molecule has 1 heterocycles. The highest BCUT2D eigenvalue weighted by molar-refractivity contribution is 6.05. The molecule has 2 aromatic rings. The highest BCUT2D eigenvalue weighted by Gasteiger charge is 2.16. The molecule has 1 amide bonds. The van der Waals surface area contributed by atoms with E-state index in [1.165, 1.54) is 0 Å². The van der Waals surface area contributed by atoms with E-state index in [1.807, 2.05) is 30.3 Å². The first kappa shape index (κ1) is 12.5. The SMILES string of the molecule is CC(C)(O)CNC(=O)c1nccc2ccccc12. The molecule has 0 aliphatic carbocycles. The maximum absolute atomic E-state index is 12.0. The minimum atomic E-state index is -0.930. The van der Waals surface area contributed by atoms with Gasteiger partial charge in [-0.3, -0.25) is 9.78 Å². The van der Waals surface area contributed by atoms with Gasteiger partial charge in [-0.1, -0.05) is 24.3 Å². The van der Waals surface area contributed by atoms with Crippen LogP contribution in [0.2, 0.25) is 0 Å². The van der Waals surface area contributed by atoms with Gasteiger partial charge in [-0.2, -0.15) is 0 Å². The number of nitrogens with one attached hydrogen (secondary N) is 1. The first-order chi connectivity index (χ1) is 8.47. The van der Waals surface area contributed by atoms with Crippen molar-refractivity contribution in [2.45, 2.75) is 19.4 Å². The molecular formula is C14H16N2O2. The van der Waals surface area contributed by atoms with Crippen molar-refractivity contribution < 1.29 is 9.90 Å². The van der Waals surface area contributed by atoms with E-state index in [1.54, 1.807) is 20.0 Å².